The van der Waals surface area contributed by atoms with Gasteiger partial charge in [0.25, 0.3) is 0 Å². The molecule has 2 fully saturated rings. The van der Waals surface area contributed by atoms with E-state index in [0.29, 0.717) is 12.1 Å². The van der Waals surface area contributed by atoms with E-state index < -0.39 is 0 Å². The van der Waals surface area contributed by atoms with E-state index in [1.54, 1.807) is 0 Å². The number of hydrogen-bond donors (Lipinski definition) is 2. The SMILES string of the molecule is OCC1CCCCN1C1CCCCCC1O. The molecule has 1 aliphatic carbocycles. The van der Waals surface area contributed by atoms with E-state index >= 15 is 0 Å². The molecule has 0 radical (unpaired) electrons. The molecule has 1 saturated heterocycles. The molecule has 0 bridgehead atoms. The Bertz CT molecular complexity index is 210. The van der Waals surface area contributed by atoms with Gasteiger partial charge in [0.05, 0.1) is 12.7 Å². The summed E-state index contributed by atoms with van der Waals surface area (Å²) in [5, 5.41) is 19.6. The third-order valence-electron chi connectivity index (χ3n) is 4.25. The lowest BCUT2D eigenvalue weighted by Gasteiger charge is -2.42. The minimum absolute atomic E-state index is 0.172. The van der Waals surface area contributed by atoms with Gasteiger partial charge in [0, 0.05) is 12.1 Å². The van der Waals surface area contributed by atoms with Crippen LogP contribution in [-0.2, 0) is 0 Å². The Morgan fingerprint density at radius 3 is 2.50 bits per heavy atom. The van der Waals surface area contributed by atoms with Gasteiger partial charge in [0.2, 0.25) is 0 Å². The zero-order valence-corrected chi connectivity index (χ0v) is 10.1. The quantitative estimate of drug-likeness (QED) is 0.703. The van der Waals surface area contributed by atoms with Gasteiger partial charge in [-0.05, 0) is 32.2 Å². The molecule has 0 aromatic rings. The summed E-state index contributed by atoms with van der Waals surface area (Å²) in [5.41, 5.74) is 0. The smallest absolute Gasteiger partial charge is 0.0695 e. The first-order valence-electron chi connectivity index (χ1n) is 6.87. The summed E-state index contributed by atoms with van der Waals surface area (Å²) in [6.45, 7) is 1.32. The van der Waals surface area contributed by atoms with Gasteiger partial charge >= 0.3 is 0 Å². The lowest BCUT2D eigenvalue weighted by Crippen LogP contribution is -2.52. The standard InChI is InChI=1S/C13H25NO2/c15-10-11-6-4-5-9-14(11)12-7-2-1-3-8-13(12)16/h11-13,15-16H,1-10H2. The second-order valence-electron chi connectivity index (χ2n) is 5.34. The first-order chi connectivity index (χ1) is 7.83. The molecule has 2 N–H and O–H groups in total. The third-order valence-corrected chi connectivity index (χ3v) is 4.25. The van der Waals surface area contributed by atoms with E-state index in [1.807, 2.05) is 0 Å². The van der Waals surface area contributed by atoms with Crippen molar-refractivity contribution in [1.82, 2.24) is 4.90 Å². The highest BCUT2D eigenvalue weighted by atomic mass is 16.3. The van der Waals surface area contributed by atoms with E-state index in [1.165, 1.54) is 25.7 Å². The van der Waals surface area contributed by atoms with Crippen molar-refractivity contribution in [2.75, 3.05) is 13.2 Å². The fraction of sp³-hybridized carbons (Fsp3) is 1.00. The van der Waals surface area contributed by atoms with Crippen molar-refractivity contribution in [3.8, 4) is 0 Å². The predicted octanol–water partition coefficient (Wildman–Crippen LogP) is 1.53. The zero-order valence-electron chi connectivity index (χ0n) is 10.1. The van der Waals surface area contributed by atoms with Gasteiger partial charge in [-0.2, -0.15) is 0 Å². The maximum Gasteiger partial charge on any atom is 0.0695 e. The Morgan fingerprint density at radius 1 is 0.938 bits per heavy atom. The van der Waals surface area contributed by atoms with E-state index in [0.717, 1.165) is 32.2 Å². The highest BCUT2D eigenvalue weighted by molar-refractivity contribution is 4.87. The monoisotopic (exact) mass is 227 g/mol. The molecule has 0 aromatic carbocycles. The zero-order chi connectivity index (χ0) is 11.4. The Labute approximate surface area is 98.5 Å². The summed E-state index contributed by atoms with van der Waals surface area (Å²) in [6.07, 6.45) is 9.08. The van der Waals surface area contributed by atoms with Crippen molar-refractivity contribution in [2.45, 2.75) is 69.6 Å². The van der Waals surface area contributed by atoms with Crippen molar-refractivity contribution in [3.05, 3.63) is 0 Å². The number of rotatable bonds is 2. The second-order valence-corrected chi connectivity index (χ2v) is 5.34. The molecular formula is C13H25NO2. The fourth-order valence-corrected chi connectivity index (χ4v) is 3.31. The molecule has 3 atom stereocenters. The van der Waals surface area contributed by atoms with Crippen LogP contribution in [0.4, 0.5) is 0 Å². The molecule has 94 valence electrons. The molecule has 16 heavy (non-hydrogen) atoms. The highest BCUT2D eigenvalue weighted by Gasteiger charge is 2.33. The summed E-state index contributed by atoms with van der Waals surface area (Å²) in [6, 6.07) is 0.603. The fourth-order valence-electron chi connectivity index (χ4n) is 3.31. The molecule has 0 aromatic heterocycles. The topological polar surface area (TPSA) is 43.7 Å². The highest BCUT2D eigenvalue weighted by Crippen LogP contribution is 2.28. The molecule has 2 aliphatic rings. The second kappa shape index (κ2) is 5.99. The average molecular weight is 227 g/mol. The Kier molecular flexibility index (Phi) is 4.62. The lowest BCUT2D eigenvalue weighted by atomic mass is 9.95. The third kappa shape index (κ3) is 2.76. The summed E-state index contributed by atoms with van der Waals surface area (Å²) in [4.78, 5) is 2.39. The molecule has 1 heterocycles. The number of aliphatic hydroxyl groups excluding tert-OH is 2. The molecule has 0 amide bonds. The van der Waals surface area contributed by atoms with Crippen LogP contribution in [0.25, 0.3) is 0 Å². The molecule has 3 heteroatoms. The first-order valence-corrected chi connectivity index (χ1v) is 6.87. The average Bonchev–Trinajstić information content (AvgIpc) is 2.54. The summed E-state index contributed by atoms with van der Waals surface area (Å²) < 4.78 is 0. The summed E-state index contributed by atoms with van der Waals surface area (Å²) >= 11 is 0. The molecule has 1 saturated carbocycles. The number of piperidine rings is 1. The normalized spacial score (nSPS) is 38.2. The summed E-state index contributed by atoms with van der Waals surface area (Å²) in [7, 11) is 0. The van der Waals surface area contributed by atoms with Crippen molar-refractivity contribution >= 4 is 0 Å². The number of hydrogen-bond acceptors (Lipinski definition) is 3. The van der Waals surface area contributed by atoms with Crippen LogP contribution in [0.1, 0.15) is 51.4 Å². The Hall–Kier alpha value is -0.120. The van der Waals surface area contributed by atoms with E-state index in [2.05, 4.69) is 4.90 Å². The van der Waals surface area contributed by atoms with Crippen LogP contribution in [0.2, 0.25) is 0 Å². The van der Waals surface area contributed by atoms with Crippen molar-refractivity contribution in [1.29, 1.82) is 0 Å². The lowest BCUT2D eigenvalue weighted by molar-refractivity contribution is -0.0123. The van der Waals surface area contributed by atoms with Gasteiger partial charge in [-0.25, -0.2) is 0 Å². The number of nitrogens with zero attached hydrogens (tertiary/aromatic N) is 1. The minimum atomic E-state index is -0.172. The van der Waals surface area contributed by atoms with Gasteiger partial charge in [-0.3, -0.25) is 4.90 Å². The molecule has 0 spiro atoms. The molecular weight excluding hydrogens is 202 g/mol. The van der Waals surface area contributed by atoms with Gasteiger partial charge in [0.15, 0.2) is 0 Å². The van der Waals surface area contributed by atoms with Crippen LogP contribution < -0.4 is 0 Å². The largest absolute Gasteiger partial charge is 0.395 e. The van der Waals surface area contributed by atoms with Crippen LogP contribution in [0, 0.1) is 0 Å². The van der Waals surface area contributed by atoms with Crippen LogP contribution in [-0.4, -0.2) is 46.5 Å². The van der Waals surface area contributed by atoms with Crippen LogP contribution in [0.15, 0.2) is 0 Å². The van der Waals surface area contributed by atoms with Crippen LogP contribution in [0.5, 0.6) is 0 Å². The van der Waals surface area contributed by atoms with E-state index in [9.17, 15) is 10.2 Å². The molecule has 3 nitrogen and oxygen atoms in total. The maximum absolute atomic E-state index is 10.2. The van der Waals surface area contributed by atoms with E-state index in [-0.39, 0.29) is 12.7 Å². The number of likely N-dealkylation sites (tertiary alicyclic amines) is 1. The first kappa shape index (κ1) is 12.3. The van der Waals surface area contributed by atoms with Gasteiger partial charge < -0.3 is 10.2 Å². The van der Waals surface area contributed by atoms with Crippen molar-refractivity contribution in [2.24, 2.45) is 0 Å². The Morgan fingerprint density at radius 2 is 1.69 bits per heavy atom. The minimum Gasteiger partial charge on any atom is -0.395 e. The maximum atomic E-state index is 10.2. The molecule has 3 unspecified atom stereocenters. The van der Waals surface area contributed by atoms with Crippen LogP contribution in [0.3, 0.4) is 0 Å². The Balaban J connectivity index is 2.01. The number of aliphatic hydroxyl groups is 2. The van der Waals surface area contributed by atoms with Crippen molar-refractivity contribution < 1.29 is 10.2 Å². The van der Waals surface area contributed by atoms with Crippen molar-refractivity contribution in [3.63, 3.8) is 0 Å². The van der Waals surface area contributed by atoms with Gasteiger partial charge in [-0.1, -0.05) is 25.7 Å². The molecule has 2 rings (SSSR count). The van der Waals surface area contributed by atoms with E-state index in [4.69, 9.17) is 0 Å². The summed E-state index contributed by atoms with van der Waals surface area (Å²) in [5.74, 6) is 0. The predicted molar refractivity (Wildman–Crippen MR) is 64.3 cm³/mol. The van der Waals surface area contributed by atoms with Gasteiger partial charge in [-0.15, -0.1) is 0 Å². The molecule has 1 aliphatic heterocycles. The van der Waals surface area contributed by atoms with Gasteiger partial charge in [0.1, 0.15) is 0 Å². The van der Waals surface area contributed by atoms with Crippen LogP contribution >= 0.6 is 0 Å².